The summed E-state index contributed by atoms with van der Waals surface area (Å²) in [7, 11) is 0. The number of hydrogen-bond donors (Lipinski definition) is 2. The maximum absolute atomic E-state index is 12.4. The summed E-state index contributed by atoms with van der Waals surface area (Å²) < 4.78 is 0. The number of benzene rings is 1. The number of amides is 1. The van der Waals surface area contributed by atoms with E-state index in [1.807, 2.05) is 31.2 Å². The van der Waals surface area contributed by atoms with E-state index in [0.717, 1.165) is 46.4 Å². The lowest BCUT2D eigenvalue weighted by atomic mass is 9.94. The number of halogens is 2. The van der Waals surface area contributed by atoms with Crippen molar-refractivity contribution in [2.45, 2.75) is 37.0 Å². The molecule has 0 bridgehead atoms. The van der Waals surface area contributed by atoms with Gasteiger partial charge in [-0.15, -0.1) is 47.9 Å². The van der Waals surface area contributed by atoms with E-state index in [1.54, 1.807) is 23.1 Å². The van der Waals surface area contributed by atoms with Crippen LogP contribution in [0, 0.1) is 12.8 Å². The van der Waals surface area contributed by atoms with Gasteiger partial charge in [0.15, 0.2) is 0 Å². The quantitative estimate of drug-likeness (QED) is 0.689. The lowest BCUT2D eigenvalue weighted by Crippen LogP contribution is -2.50. The van der Waals surface area contributed by atoms with E-state index in [2.05, 4.69) is 27.9 Å². The molecule has 1 aliphatic heterocycles. The Kier molecular flexibility index (Phi) is 9.97. The van der Waals surface area contributed by atoms with E-state index in [1.165, 1.54) is 0 Å². The average molecular weight is 434 g/mol. The number of thioether (sulfide) groups is 1. The van der Waals surface area contributed by atoms with Gasteiger partial charge in [0.05, 0.1) is 10.7 Å². The lowest BCUT2D eigenvalue weighted by Gasteiger charge is -2.30. The van der Waals surface area contributed by atoms with Crippen molar-refractivity contribution in [3.63, 3.8) is 0 Å². The number of nitrogens with one attached hydrogen (secondary N) is 2. The van der Waals surface area contributed by atoms with Crippen LogP contribution < -0.4 is 10.6 Å². The van der Waals surface area contributed by atoms with Crippen molar-refractivity contribution in [2.24, 2.45) is 5.92 Å². The fraction of sp³-hybridized carbons (Fsp3) is 0.444. The van der Waals surface area contributed by atoms with Gasteiger partial charge in [-0.1, -0.05) is 6.92 Å². The molecule has 2 unspecified atom stereocenters. The fourth-order valence-corrected chi connectivity index (χ4v) is 4.28. The molecule has 1 aromatic heterocycles. The van der Waals surface area contributed by atoms with Crippen LogP contribution in [-0.4, -0.2) is 30.0 Å². The molecule has 0 spiro atoms. The topological polar surface area (TPSA) is 54.0 Å². The molecule has 26 heavy (non-hydrogen) atoms. The number of aromatic nitrogens is 1. The molecule has 1 fully saturated rings. The van der Waals surface area contributed by atoms with Crippen molar-refractivity contribution < 1.29 is 4.79 Å². The SMILES string of the molecule is Cc1nc(CSc2ccc(C(=O)NC3CNCCC3C)cc2)cs1.Cl.Cl. The molecule has 2 N–H and O–H groups in total. The van der Waals surface area contributed by atoms with Crippen molar-refractivity contribution in [1.29, 1.82) is 0 Å². The Morgan fingerprint density at radius 1 is 1.35 bits per heavy atom. The average Bonchev–Trinajstić information content (AvgIpc) is 3.01. The Morgan fingerprint density at radius 2 is 2.08 bits per heavy atom. The van der Waals surface area contributed by atoms with Crippen LogP contribution in [-0.2, 0) is 5.75 Å². The molecule has 0 aliphatic carbocycles. The molecule has 1 aromatic carbocycles. The van der Waals surface area contributed by atoms with Gasteiger partial charge < -0.3 is 10.6 Å². The predicted molar refractivity (Wildman–Crippen MR) is 115 cm³/mol. The van der Waals surface area contributed by atoms with Crippen LogP contribution in [0.1, 0.15) is 34.4 Å². The highest BCUT2D eigenvalue weighted by Gasteiger charge is 2.22. The Bertz CT molecular complexity index is 694. The molecule has 3 rings (SSSR count). The standard InChI is InChI=1S/C18H23N3OS2.2ClH/c1-12-7-8-19-9-17(12)21-18(22)14-3-5-16(6-4-14)24-11-15-10-23-13(2)20-15;;/h3-6,10,12,17,19H,7-9,11H2,1-2H3,(H,21,22);2*1H. The van der Waals surface area contributed by atoms with Crippen molar-refractivity contribution in [3.05, 3.63) is 45.9 Å². The second-order valence-electron chi connectivity index (χ2n) is 6.22. The van der Waals surface area contributed by atoms with Gasteiger partial charge in [0, 0.05) is 34.2 Å². The van der Waals surface area contributed by atoms with Crippen LogP contribution in [0.4, 0.5) is 0 Å². The third kappa shape index (κ3) is 6.43. The first-order valence-corrected chi connectivity index (χ1v) is 10.1. The van der Waals surface area contributed by atoms with E-state index < -0.39 is 0 Å². The van der Waals surface area contributed by atoms with Crippen molar-refractivity contribution in [3.8, 4) is 0 Å². The number of aryl methyl sites for hydroxylation is 1. The molecule has 4 nitrogen and oxygen atoms in total. The monoisotopic (exact) mass is 433 g/mol. The molecule has 2 aromatic rings. The molecule has 1 amide bonds. The highest BCUT2D eigenvalue weighted by atomic mass is 35.5. The zero-order valence-corrected chi connectivity index (χ0v) is 18.1. The third-order valence-corrected chi connectivity index (χ3v) is 6.18. The first-order chi connectivity index (χ1) is 11.6. The summed E-state index contributed by atoms with van der Waals surface area (Å²) in [5.41, 5.74) is 1.84. The number of thiazole rings is 1. The normalized spacial score (nSPS) is 19.2. The molecule has 8 heteroatoms. The second-order valence-corrected chi connectivity index (χ2v) is 8.33. The maximum Gasteiger partial charge on any atom is 0.251 e. The predicted octanol–water partition coefficient (Wildman–Crippen LogP) is 4.32. The van der Waals surface area contributed by atoms with E-state index in [-0.39, 0.29) is 36.8 Å². The minimum atomic E-state index is 0. The summed E-state index contributed by atoms with van der Waals surface area (Å²) in [6.07, 6.45) is 1.11. The molecule has 0 saturated carbocycles. The minimum absolute atomic E-state index is 0. The van der Waals surface area contributed by atoms with Gasteiger partial charge >= 0.3 is 0 Å². The first kappa shape index (κ1) is 23.2. The maximum atomic E-state index is 12.4. The first-order valence-electron chi connectivity index (χ1n) is 8.27. The zero-order valence-electron chi connectivity index (χ0n) is 14.9. The smallest absolute Gasteiger partial charge is 0.251 e. The van der Waals surface area contributed by atoms with Crippen LogP contribution >= 0.6 is 47.9 Å². The molecular weight excluding hydrogens is 409 g/mol. The van der Waals surface area contributed by atoms with E-state index in [9.17, 15) is 4.79 Å². The summed E-state index contributed by atoms with van der Waals surface area (Å²) in [5.74, 6) is 1.40. The summed E-state index contributed by atoms with van der Waals surface area (Å²) in [5, 5.41) is 9.69. The van der Waals surface area contributed by atoms with Gasteiger partial charge in [-0.05, 0) is 50.1 Å². The molecule has 2 atom stereocenters. The summed E-state index contributed by atoms with van der Waals surface area (Å²) in [6, 6.07) is 8.06. The van der Waals surface area contributed by atoms with Crippen LogP contribution in [0.25, 0.3) is 0 Å². The number of nitrogens with zero attached hydrogens (tertiary/aromatic N) is 1. The largest absolute Gasteiger partial charge is 0.348 e. The van der Waals surface area contributed by atoms with Gasteiger partial charge in [0.2, 0.25) is 0 Å². The highest BCUT2D eigenvalue weighted by molar-refractivity contribution is 7.98. The van der Waals surface area contributed by atoms with Crippen LogP contribution in [0.2, 0.25) is 0 Å². The van der Waals surface area contributed by atoms with Gasteiger partial charge in [-0.25, -0.2) is 4.98 Å². The lowest BCUT2D eigenvalue weighted by molar-refractivity contribution is 0.0915. The summed E-state index contributed by atoms with van der Waals surface area (Å²) in [6.45, 7) is 6.12. The second kappa shape index (κ2) is 11.1. The molecule has 2 heterocycles. The Labute approximate surface area is 175 Å². The zero-order chi connectivity index (χ0) is 16.9. The Balaban J connectivity index is 0.00000169. The van der Waals surface area contributed by atoms with Crippen LogP contribution in [0.15, 0.2) is 34.5 Å². The van der Waals surface area contributed by atoms with E-state index >= 15 is 0 Å². The van der Waals surface area contributed by atoms with Crippen molar-refractivity contribution >= 4 is 53.8 Å². The number of rotatable bonds is 5. The van der Waals surface area contributed by atoms with Crippen LogP contribution in [0.3, 0.4) is 0 Å². The van der Waals surface area contributed by atoms with Gasteiger partial charge in [0.25, 0.3) is 5.91 Å². The molecule has 1 saturated heterocycles. The molecular formula is C18H25Cl2N3OS2. The van der Waals surface area contributed by atoms with E-state index in [4.69, 9.17) is 0 Å². The van der Waals surface area contributed by atoms with Gasteiger partial charge in [-0.3, -0.25) is 4.79 Å². The van der Waals surface area contributed by atoms with Gasteiger partial charge in [-0.2, -0.15) is 0 Å². The minimum Gasteiger partial charge on any atom is -0.348 e. The van der Waals surface area contributed by atoms with Gasteiger partial charge in [0.1, 0.15) is 0 Å². The molecule has 0 radical (unpaired) electrons. The number of carbonyl (C=O) groups excluding carboxylic acids is 1. The Morgan fingerprint density at radius 3 is 2.69 bits per heavy atom. The number of carbonyl (C=O) groups is 1. The number of piperidine rings is 1. The molecule has 144 valence electrons. The fourth-order valence-electron chi connectivity index (χ4n) is 2.77. The van der Waals surface area contributed by atoms with E-state index in [0.29, 0.717) is 5.92 Å². The summed E-state index contributed by atoms with van der Waals surface area (Å²) >= 11 is 3.43. The highest BCUT2D eigenvalue weighted by Crippen LogP contribution is 2.24. The number of hydrogen-bond acceptors (Lipinski definition) is 5. The van der Waals surface area contributed by atoms with Crippen molar-refractivity contribution in [2.75, 3.05) is 13.1 Å². The third-order valence-electron chi connectivity index (χ3n) is 4.31. The Hall–Kier alpha value is -0.790. The summed E-state index contributed by atoms with van der Waals surface area (Å²) in [4.78, 5) is 18.0. The molecule has 1 aliphatic rings. The van der Waals surface area contributed by atoms with Crippen LogP contribution in [0.5, 0.6) is 0 Å². The van der Waals surface area contributed by atoms with Crippen molar-refractivity contribution in [1.82, 2.24) is 15.6 Å².